The highest BCUT2D eigenvalue weighted by Gasteiger charge is 2.22. The third-order valence-corrected chi connectivity index (χ3v) is 5.25. The number of rotatable bonds is 3. The van der Waals surface area contributed by atoms with Gasteiger partial charge < -0.3 is 9.64 Å². The highest BCUT2D eigenvalue weighted by Crippen LogP contribution is 2.22. The Morgan fingerprint density at radius 1 is 0.957 bits per heavy atom. The van der Waals surface area contributed by atoms with E-state index in [9.17, 15) is 9.59 Å². The molecule has 0 N–H and O–H groups in total. The summed E-state index contributed by atoms with van der Waals surface area (Å²) in [7, 11) is 0. The number of Topliss-reactive ketones (excluding diaryl/α,β-unsaturated/α-hetero) is 1. The Morgan fingerprint density at radius 2 is 1.57 bits per heavy atom. The molecule has 4 nitrogen and oxygen atoms in total. The Morgan fingerprint density at radius 3 is 2.26 bits per heavy atom. The molecule has 132 valence electrons. The van der Waals surface area contributed by atoms with Gasteiger partial charge in [0.2, 0.25) is 5.91 Å². The van der Waals surface area contributed by atoms with Crippen LogP contribution in [0.3, 0.4) is 0 Å². The van der Waals surface area contributed by atoms with Crippen LogP contribution in [0, 0.1) is 5.92 Å². The van der Waals surface area contributed by atoms with Gasteiger partial charge in [0.25, 0.3) is 0 Å². The molecule has 1 atom stereocenters. The van der Waals surface area contributed by atoms with Crippen LogP contribution in [0.1, 0.15) is 77.0 Å². The van der Waals surface area contributed by atoms with Crippen LogP contribution in [0.2, 0.25) is 0 Å². The summed E-state index contributed by atoms with van der Waals surface area (Å²) in [5.41, 5.74) is 0. The Labute approximate surface area is 140 Å². The topological polar surface area (TPSA) is 46.6 Å². The molecule has 1 saturated heterocycles. The van der Waals surface area contributed by atoms with Crippen molar-refractivity contribution in [1.82, 2.24) is 4.90 Å². The van der Waals surface area contributed by atoms with Crippen LogP contribution in [-0.2, 0) is 14.3 Å². The molecule has 2 aliphatic rings. The monoisotopic (exact) mass is 323 g/mol. The lowest BCUT2D eigenvalue weighted by molar-refractivity contribution is -0.135. The van der Waals surface area contributed by atoms with E-state index in [1.54, 1.807) is 0 Å². The number of amides is 1. The van der Waals surface area contributed by atoms with Crippen molar-refractivity contribution in [2.24, 2.45) is 5.92 Å². The van der Waals surface area contributed by atoms with Crippen molar-refractivity contribution in [2.45, 2.75) is 77.0 Å². The molecule has 23 heavy (non-hydrogen) atoms. The van der Waals surface area contributed by atoms with E-state index >= 15 is 0 Å². The van der Waals surface area contributed by atoms with Crippen molar-refractivity contribution in [1.29, 1.82) is 0 Å². The lowest BCUT2D eigenvalue weighted by atomic mass is 9.88. The summed E-state index contributed by atoms with van der Waals surface area (Å²) < 4.78 is 5.29. The van der Waals surface area contributed by atoms with Gasteiger partial charge in [-0.25, -0.2) is 0 Å². The second-order valence-electron chi connectivity index (χ2n) is 7.06. The van der Waals surface area contributed by atoms with Crippen molar-refractivity contribution < 1.29 is 14.3 Å². The van der Waals surface area contributed by atoms with Gasteiger partial charge in [-0.15, -0.1) is 0 Å². The molecule has 1 saturated carbocycles. The fourth-order valence-electron chi connectivity index (χ4n) is 3.69. The van der Waals surface area contributed by atoms with Crippen molar-refractivity contribution in [3.8, 4) is 0 Å². The van der Waals surface area contributed by atoms with Gasteiger partial charge in [-0.05, 0) is 19.3 Å². The van der Waals surface area contributed by atoms with Crippen LogP contribution >= 0.6 is 0 Å². The summed E-state index contributed by atoms with van der Waals surface area (Å²) >= 11 is 0. The summed E-state index contributed by atoms with van der Waals surface area (Å²) in [6.07, 6.45) is 12.8. The van der Waals surface area contributed by atoms with E-state index in [1.165, 1.54) is 38.5 Å². The first-order chi connectivity index (χ1) is 11.3. The van der Waals surface area contributed by atoms with Gasteiger partial charge in [-0.1, -0.05) is 44.9 Å². The van der Waals surface area contributed by atoms with Crippen molar-refractivity contribution >= 4 is 11.7 Å². The van der Waals surface area contributed by atoms with Crippen LogP contribution in [-0.4, -0.2) is 42.9 Å². The zero-order valence-corrected chi connectivity index (χ0v) is 14.6. The molecule has 0 radical (unpaired) electrons. The number of carbonyl (C=O) groups excluding carboxylic acids is 2. The lowest BCUT2D eigenvalue weighted by Gasteiger charge is -2.27. The maximum Gasteiger partial charge on any atom is 0.222 e. The molecule has 4 heteroatoms. The quantitative estimate of drug-likeness (QED) is 0.795. The van der Waals surface area contributed by atoms with Gasteiger partial charge in [0, 0.05) is 31.8 Å². The smallest absolute Gasteiger partial charge is 0.222 e. The molecule has 0 aromatic heterocycles. The summed E-state index contributed by atoms with van der Waals surface area (Å²) in [4.78, 5) is 26.7. The molecule has 0 spiro atoms. The van der Waals surface area contributed by atoms with Crippen LogP contribution in [0.15, 0.2) is 0 Å². The van der Waals surface area contributed by atoms with E-state index in [4.69, 9.17) is 4.74 Å². The molecule has 2 rings (SSSR count). The maximum absolute atomic E-state index is 12.5. The molecular formula is C19H33NO3. The third-order valence-electron chi connectivity index (χ3n) is 5.25. The third kappa shape index (κ3) is 7.03. The second kappa shape index (κ2) is 10.8. The number of ketones is 1. The first kappa shape index (κ1) is 18.4. The lowest BCUT2D eigenvalue weighted by Crippen LogP contribution is -2.40. The maximum atomic E-state index is 12.5. The average molecular weight is 323 g/mol. The number of hydrogen-bond acceptors (Lipinski definition) is 3. The van der Waals surface area contributed by atoms with Crippen LogP contribution in [0.4, 0.5) is 0 Å². The van der Waals surface area contributed by atoms with Gasteiger partial charge in [-0.3, -0.25) is 9.59 Å². The van der Waals surface area contributed by atoms with E-state index in [-0.39, 0.29) is 11.8 Å². The van der Waals surface area contributed by atoms with Crippen molar-refractivity contribution in [2.75, 3.05) is 26.3 Å². The van der Waals surface area contributed by atoms with E-state index in [0.29, 0.717) is 38.5 Å². The normalized spacial score (nSPS) is 25.5. The zero-order valence-electron chi connectivity index (χ0n) is 14.6. The first-order valence-electron chi connectivity index (χ1n) is 9.65. The molecule has 1 unspecified atom stereocenters. The highest BCUT2D eigenvalue weighted by atomic mass is 16.5. The first-order valence-corrected chi connectivity index (χ1v) is 9.65. The minimum absolute atomic E-state index is 0.111. The Hall–Kier alpha value is -0.900. The van der Waals surface area contributed by atoms with Gasteiger partial charge in [-0.2, -0.15) is 0 Å². The van der Waals surface area contributed by atoms with Gasteiger partial charge in [0.15, 0.2) is 0 Å². The van der Waals surface area contributed by atoms with Crippen LogP contribution in [0.25, 0.3) is 0 Å². The number of ether oxygens (including phenoxy) is 1. The molecule has 0 aromatic rings. The average Bonchev–Trinajstić information content (AvgIpc) is 2.58. The fraction of sp³-hybridized carbons (Fsp3) is 0.895. The molecule has 1 aliphatic carbocycles. The number of hydrogen-bond donors (Lipinski definition) is 0. The number of nitrogens with zero attached hydrogens (tertiary/aromatic N) is 1. The van der Waals surface area contributed by atoms with Gasteiger partial charge >= 0.3 is 0 Å². The van der Waals surface area contributed by atoms with Gasteiger partial charge in [0.05, 0.1) is 13.2 Å². The molecule has 0 bridgehead atoms. The standard InChI is InChI=1S/C19H33NO3/c21-18-10-8-6-4-2-1-3-5-7-9-17(18)11-12-19(22)20-13-15-23-16-14-20/h17H,1-16H2. The Kier molecular flexibility index (Phi) is 8.66. The molecule has 1 amide bonds. The van der Waals surface area contributed by atoms with E-state index < -0.39 is 0 Å². The SMILES string of the molecule is O=C1CCCCCCCCCCC1CCC(=O)N1CCOCC1. The largest absolute Gasteiger partial charge is 0.378 e. The number of carbonyl (C=O) groups is 2. The molecule has 2 fully saturated rings. The van der Waals surface area contributed by atoms with Gasteiger partial charge in [0.1, 0.15) is 5.78 Å². The minimum atomic E-state index is 0.111. The Balaban J connectivity index is 1.78. The highest BCUT2D eigenvalue weighted by molar-refractivity contribution is 5.82. The van der Waals surface area contributed by atoms with E-state index in [1.807, 2.05) is 4.90 Å². The molecule has 1 heterocycles. The Bertz CT molecular complexity index is 364. The van der Waals surface area contributed by atoms with E-state index in [2.05, 4.69) is 0 Å². The van der Waals surface area contributed by atoms with E-state index in [0.717, 1.165) is 32.1 Å². The molecule has 0 aromatic carbocycles. The number of morpholine rings is 1. The molecular weight excluding hydrogens is 290 g/mol. The minimum Gasteiger partial charge on any atom is -0.378 e. The second-order valence-corrected chi connectivity index (χ2v) is 7.06. The summed E-state index contributed by atoms with van der Waals surface area (Å²) in [5, 5.41) is 0. The fourth-order valence-corrected chi connectivity index (χ4v) is 3.69. The zero-order chi connectivity index (χ0) is 16.3. The molecule has 1 aliphatic heterocycles. The summed E-state index contributed by atoms with van der Waals surface area (Å²) in [6, 6.07) is 0. The summed E-state index contributed by atoms with van der Waals surface area (Å²) in [6.45, 7) is 2.71. The predicted octanol–water partition coefficient (Wildman–Crippen LogP) is 3.73. The predicted molar refractivity (Wildman–Crippen MR) is 91.3 cm³/mol. The van der Waals surface area contributed by atoms with Crippen molar-refractivity contribution in [3.63, 3.8) is 0 Å². The van der Waals surface area contributed by atoms with Crippen LogP contribution in [0.5, 0.6) is 0 Å². The summed E-state index contributed by atoms with van der Waals surface area (Å²) in [5.74, 6) is 0.715. The van der Waals surface area contributed by atoms with Crippen LogP contribution < -0.4 is 0 Å². The van der Waals surface area contributed by atoms with Crippen molar-refractivity contribution in [3.05, 3.63) is 0 Å².